The third kappa shape index (κ3) is 2.92. The molecule has 1 aromatic rings. The highest BCUT2D eigenvalue weighted by molar-refractivity contribution is 6.33. The number of anilines is 2. The van der Waals surface area contributed by atoms with Gasteiger partial charge >= 0.3 is 0 Å². The van der Waals surface area contributed by atoms with E-state index in [0.29, 0.717) is 6.04 Å². The smallest absolute Gasteiger partial charge is 0.261 e. The van der Waals surface area contributed by atoms with E-state index in [1.165, 1.54) is 25.0 Å². The Kier molecular flexibility index (Phi) is 4.35. The minimum Gasteiger partial charge on any atom is -0.382 e. The predicted octanol–water partition coefficient (Wildman–Crippen LogP) is 3.61. The van der Waals surface area contributed by atoms with E-state index in [1.807, 2.05) is 0 Å². The molecule has 0 aromatic heterocycles. The van der Waals surface area contributed by atoms with Crippen molar-refractivity contribution in [1.29, 1.82) is 0 Å². The zero-order valence-corrected chi connectivity index (χ0v) is 16.2. The molecule has 4 aliphatic rings. The van der Waals surface area contributed by atoms with Gasteiger partial charge in [0.1, 0.15) is 0 Å². The van der Waals surface area contributed by atoms with Gasteiger partial charge in [0.05, 0.1) is 11.3 Å². The molecule has 1 amide bonds. The predicted molar refractivity (Wildman–Crippen MR) is 108 cm³/mol. The van der Waals surface area contributed by atoms with Crippen LogP contribution in [0.4, 0.5) is 11.4 Å². The molecule has 5 heteroatoms. The van der Waals surface area contributed by atoms with Gasteiger partial charge in [0.15, 0.2) is 0 Å². The molecular weight excluding hydrogens is 338 g/mol. The lowest BCUT2D eigenvalue weighted by Gasteiger charge is -2.31. The fourth-order valence-corrected chi connectivity index (χ4v) is 4.88. The zero-order valence-electron chi connectivity index (χ0n) is 16.2. The first kappa shape index (κ1) is 17.1. The SMILES string of the molecule is CN1CCC/C1=C1/C(=O)N(C2CCOCC2)c2ccc(NC3CCC3)cc21. The molecular formula is C22H29N3O2. The Labute approximate surface area is 161 Å². The van der Waals surface area contributed by atoms with Crippen LogP contribution in [0, 0.1) is 0 Å². The number of hydrogen-bond acceptors (Lipinski definition) is 4. The number of rotatable bonds is 3. The summed E-state index contributed by atoms with van der Waals surface area (Å²) in [7, 11) is 2.12. The van der Waals surface area contributed by atoms with Crippen molar-refractivity contribution in [3.63, 3.8) is 0 Å². The van der Waals surface area contributed by atoms with E-state index >= 15 is 0 Å². The first-order valence-corrected chi connectivity index (χ1v) is 10.5. The van der Waals surface area contributed by atoms with Gasteiger partial charge in [-0.25, -0.2) is 0 Å². The second-order valence-corrected chi connectivity index (χ2v) is 8.37. The lowest BCUT2D eigenvalue weighted by Crippen LogP contribution is -2.41. The maximum Gasteiger partial charge on any atom is 0.261 e. The normalized spacial score (nSPS) is 26.5. The maximum atomic E-state index is 13.6. The number of hydrogen-bond donors (Lipinski definition) is 1. The van der Waals surface area contributed by atoms with E-state index in [-0.39, 0.29) is 11.9 Å². The Balaban J connectivity index is 1.56. The number of benzene rings is 1. The zero-order chi connectivity index (χ0) is 18.4. The van der Waals surface area contributed by atoms with Crippen molar-refractivity contribution in [2.24, 2.45) is 0 Å². The van der Waals surface area contributed by atoms with E-state index in [2.05, 4.69) is 40.4 Å². The highest BCUT2D eigenvalue weighted by Gasteiger charge is 2.40. The van der Waals surface area contributed by atoms with Crippen LogP contribution in [-0.4, -0.2) is 49.7 Å². The molecule has 1 aliphatic carbocycles. The molecule has 1 N–H and O–H groups in total. The van der Waals surface area contributed by atoms with Crippen LogP contribution in [-0.2, 0) is 9.53 Å². The quantitative estimate of drug-likeness (QED) is 0.829. The molecule has 3 heterocycles. The summed E-state index contributed by atoms with van der Waals surface area (Å²) in [6.45, 7) is 2.53. The summed E-state index contributed by atoms with van der Waals surface area (Å²) in [4.78, 5) is 17.9. The van der Waals surface area contributed by atoms with Gasteiger partial charge < -0.3 is 19.9 Å². The van der Waals surface area contributed by atoms with Gasteiger partial charge in [0.25, 0.3) is 5.91 Å². The van der Waals surface area contributed by atoms with E-state index < -0.39 is 0 Å². The van der Waals surface area contributed by atoms with Crippen molar-refractivity contribution in [1.82, 2.24) is 4.90 Å². The highest BCUT2D eigenvalue weighted by Crippen LogP contribution is 2.44. The summed E-state index contributed by atoms with van der Waals surface area (Å²) in [6, 6.07) is 7.38. The first-order chi connectivity index (χ1) is 13.2. The molecule has 0 unspecified atom stereocenters. The van der Waals surface area contributed by atoms with Gasteiger partial charge in [-0.15, -0.1) is 0 Å². The van der Waals surface area contributed by atoms with Gasteiger partial charge in [0.2, 0.25) is 0 Å². The summed E-state index contributed by atoms with van der Waals surface area (Å²) in [6.07, 6.45) is 7.80. The van der Waals surface area contributed by atoms with Crippen LogP contribution >= 0.6 is 0 Å². The first-order valence-electron chi connectivity index (χ1n) is 10.5. The molecule has 144 valence electrons. The Morgan fingerprint density at radius 2 is 1.93 bits per heavy atom. The van der Waals surface area contributed by atoms with Crippen LogP contribution in [0.25, 0.3) is 5.57 Å². The number of amides is 1. The molecule has 0 radical (unpaired) electrons. The molecule has 5 nitrogen and oxygen atoms in total. The van der Waals surface area contributed by atoms with Crippen LogP contribution in [0.15, 0.2) is 23.9 Å². The topological polar surface area (TPSA) is 44.8 Å². The number of nitrogens with zero attached hydrogens (tertiary/aromatic N) is 2. The number of carbonyl (C=O) groups is 1. The van der Waals surface area contributed by atoms with E-state index in [4.69, 9.17) is 4.74 Å². The number of nitrogens with one attached hydrogen (secondary N) is 1. The molecule has 3 fully saturated rings. The Morgan fingerprint density at radius 3 is 2.59 bits per heavy atom. The lowest BCUT2D eigenvalue weighted by molar-refractivity contribution is -0.113. The second kappa shape index (κ2) is 6.86. The summed E-state index contributed by atoms with van der Waals surface area (Å²) in [5, 5.41) is 3.65. The molecule has 3 aliphatic heterocycles. The molecule has 0 spiro atoms. The molecule has 1 saturated carbocycles. The lowest BCUT2D eigenvalue weighted by atomic mass is 9.92. The molecule has 27 heavy (non-hydrogen) atoms. The minimum atomic E-state index is 0.196. The number of likely N-dealkylation sites (tertiary alicyclic amines) is 1. The van der Waals surface area contributed by atoms with Crippen LogP contribution in [0.2, 0.25) is 0 Å². The van der Waals surface area contributed by atoms with E-state index in [1.54, 1.807) is 0 Å². The Morgan fingerprint density at radius 1 is 1.11 bits per heavy atom. The number of fused-ring (bicyclic) bond motifs is 1. The fourth-order valence-electron chi connectivity index (χ4n) is 4.88. The van der Waals surface area contributed by atoms with E-state index in [9.17, 15) is 4.79 Å². The Bertz CT molecular complexity index is 778. The summed E-state index contributed by atoms with van der Waals surface area (Å²) >= 11 is 0. The number of carbonyl (C=O) groups excluding carboxylic acids is 1. The van der Waals surface area contributed by atoms with Gasteiger partial charge in [-0.05, 0) is 63.1 Å². The summed E-state index contributed by atoms with van der Waals surface area (Å²) in [5.41, 5.74) is 5.53. The molecule has 0 atom stereocenters. The van der Waals surface area contributed by atoms with Gasteiger partial charge in [0, 0.05) is 55.8 Å². The molecule has 1 aromatic carbocycles. The van der Waals surface area contributed by atoms with Crippen molar-refractivity contribution < 1.29 is 9.53 Å². The number of allylic oxidation sites excluding steroid dienone is 1. The van der Waals surface area contributed by atoms with Crippen molar-refractivity contribution in [2.45, 2.75) is 57.0 Å². The van der Waals surface area contributed by atoms with Gasteiger partial charge in [-0.2, -0.15) is 0 Å². The van der Waals surface area contributed by atoms with Gasteiger partial charge in [-0.1, -0.05) is 0 Å². The summed E-state index contributed by atoms with van der Waals surface area (Å²) in [5.74, 6) is 0.196. The van der Waals surface area contributed by atoms with Gasteiger partial charge in [-0.3, -0.25) is 4.79 Å². The fraction of sp³-hybridized carbons (Fsp3) is 0.591. The van der Waals surface area contributed by atoms with Crippen molar-refractivity contribution in [3.05, 3.63) is 29.5 Å². The number of ether oxygens (including phenoxy) is 1. The van der Waals surface area contributed by atoms with Crippen LogP contribution in [0.1, 0.15) is 50.5 Å². The molecule has 2 saturated heterocycles. The second-order valence-electron chi connectivity index (χ2n) is 8.37. The molecule has 0 bridgehead atoms. The Hall–Kier alpha value is -2.01. The molecule has 5 rings (SSSR count). The van der Waals surface area contributed by atoms with Crippen LogP contribution < -0.4 is 10.2 Å². The van der Waals surface area contributed by atoms with Crippen LogP contribution in [0.5, 0.6) is 0 Å². The third-order valence-electron chi connectivity index (χ3n) is 6.65. The summed E-state index contributed by atoms with van der Waals surface area (Å²) < 4.78 is 5.54. The van der Waals surface area contributed by atoms with Crippen molar-refractivity contribution in [2.75, 3.05) is 37.0 Å². The third-order valence-corrected chi connectivity index (χ3v) is 6.65. The van der Waals surface area contributed by atoms with E-state index in [0.717, 1.165) is 68.0 Å². The highest BCUT2D eigenvalue weighted by atomic mass is 16.5. The largest absolute Gasteiger partial charge is 0.382 e. The standard InChI is InChI=1S/C22H29N3O2/c1-24-11-3-6-20(24)21-18-14-16(23-15-4-2-5-15)7-8-19(18)25(22(21)26)17-9-12-27-13-10-17/h7-8,14-15,17,23H,2-6,9-13H2,1H3/b21-20-. The minimum absolute atomic E-state index is 0.196. The monoisotopic (exact) mass is 367 g/mol. The van der Waals surface area contributed by atoms with Crippen molar-refractivity contribution >= 4 is 22.9 Å². The maximum absolute atomic E-state index is 13.6. The average molecular weight is 367 g/mol. The van der Waals surface area contributed by atoms with Crippen LogP contribution in [0.3, 0.4) is 0 Å². The van der Waals surface area contributed by atoms with Crippen molar-refractivity contribution in [3.8, 4) is 0 Å². The average Bonchev–Trinajstić information content (AvgIpc) is 3.18.